The van der Waals surface area contributed by atoms with Crippen molar-refractivity contribution in [1.29, 1.82) is 0 Å². The van der Waals surface area contributed by atoms with Crippen molar-refractivity contribution in [1.82, 2.24) is 14.9 Å². The van der Waals surface area contributed by atoms with Gasteiger partial charge in [-0.3, -0.25) is 4.79 Å². The van der Waals surface area contributed by atoms with Crippen LogP contribution in [0.2, 0.25) is 0 Å². The molecule has 36 heavy (non-hydrogen) atoms. The van der Waals surface area contributed by atoms with Crippen molar-refractivity contribution in [2.45, 2.75) is 52.9 Å². The molecule has 1 aromatic heterocycles. The van der Waals surface area contributed by atoms with Gasteiger partial charge in [0.15, 0.2) is 5.82 Å². The van der Waals surface area contributed by atoms with Crippen LogP contribution in [0.4, 0.5) is 10.2 Å². The first kappa shape index (κ1) is 25.8. The average molecular weight is 489 g/mol. The lowest BCUT2D eigenvalue weighted by atomic mass is 9.97. The second kappa shape index (κ2) is 12.1. The summed E-state index contributed by atoms with van der Waals surface area (Å²) in [7, 11) is 0. The first-order valence-corrected chi connectivity index (χ1v) is 13.2. The third-order valence-electron chi connectivity index (χ3n) is 7.14. The topological polar surface area (TPSA) is 49.3 Å². The second-order valence-corrected chi connectivity index (χ2v) is 9.67. The number of carbonyl (C=O) groups excluding carboxylic acids is 1. The van der Waals surface area contributed by atoms with Gasteiger partial charge in [-0.15, -0.1) is 0 Å². The standard InChI is InChI=1S/C30H37FN4O/c1-4-6-13-24(5-2)30(36)35-18-16-34(17-19-35)29-27(20-23-11-8-7-9-12-23)22(3)32-28(33-29)25-14-10-15-26(31)21-25/h7-12,14-15,21,24H,4-6,13,16-20H2,1-3H3/t24-/m0/s1. The number of anilines is 1. The molecule has 1 aliphatic heterocycles. The molecule has 3 aromatic rings. The molecule has 0 bridgehead atoms. The Bertz CT molecular complexity index is 1160. The number of aryl methyl sites for hydroxylation is 1. The van der Waals surface area contributed by atoms with Gasteiger partial charge in [-0.25, -0.2) is 14.4 Å². The maximum absolute atomic E-state index is 14.0. The molecule has 0 N–H and O–H groups in total. The lowest BCUT2D eigenvalue weighted by Gasteiger charge is -2.38. The van der Waals surface area contributed by atoms with E-state index in [0.29, 0.717) is 24.5 Å². The van der Waals surface area contributed by atoms with Crippen LogP contribution >= 0.6 is 0 Å². The first-order chi connectivity index (χ1) is 17.5. The highest BCUT2D eigenvalue weighted by Gasteiger charge is 2.28. The highest BCUT2D eigenvalue weighted by molar-refractivity contribution is 5.79. The van der Waals surface area contributed by atoms with Gasteiger partial charge in [0, 0.05) is 55.3 Å². The normalized spacial score (nSPS) is 14.7. The zero-order valence-corrected chi connectivity index (χ0v) is 21.7. The van der Waals surface area contributed by atoms with Crippen LogP contribution in [0.25, 0.3) is 11.4 Å². The van der Waals surface area contributed by atoms with Crippen molar-refractivity contribution >= 4 is 11.7 Å². The second-order valence-electron chi connectivity index (χ2n) is 9.67. The highest BCUT2D eigenvalue weighted by atomic mass is 19.1. The van der Waals surface area contributed by atoms with Gasteiger partial charge in [-0.2, -0.15) is 0 Å². The summed E-state index contributed by atoms with van der Waals surface area (Å²) in [5.74, 6) is 1.52. The van der Waals surface area contributed by atoms with Gasteiger partial charge in [-0.1, -0.05) is 69.2 Å². The van der Waals surface area contributed by atoms with Crippen molar-refractivity contribution < 1.29 is 9.18 Å². The number of rotatable bonds is 9. The predicted octanol–water partition coefficient (Wildman–Crippen LogP) is 6.05. The molecule has 6 heteroatoms. The van der Waals surface area contributed by atoms with Gasteiger partial charge in [0.2, 0.25) is 5.91 Å². The van der Waals surface area contributed by atoms with Gasteiger partial charge in [0.1, 0.15) is 11.6 Å². The van der Waals surface area contributed by atoms with Crippen molar-refractivity contribution in [3.63, 3.8) is 0 Å². The van der Waals surface area contributed by atoms with Crippen LogP contribution in [0.1, 0.15) is 56.4 Å². The van der Waals surface area contributed by atoms with E-state index in [-0.39, 0.29) is 17.6 Å². The molecule has 1 fully saturated rings. The minimum Gasteiger partial charge on any atom is -0.353 e. The first-order valence-electron chi connectivity index (χ1n) is 13.2. The fourth-order valence-corrected chi connectivity index (χ4v) is 4.96. The number of aromatic nitrogens is 2. The molecule has 4 rings (SSSR count). The fourth-order valence-electron chi connectivity index (χ4n) is 4.96. The molecule has 0 aliphatic carbocycles. The summed E-state index contributed by atoms with van der Waals surface area (Å²) in [5, 5.41) is 0. The number of unbranched alkanes of at least 4 members (excludes halogenated alkanes) is 1. The molecule has 5 nitrogen and oxygen atoms in total. The Labute approximate surface area is 214 Å². The fraction of sp³-hybridized carbons (Fsp3) is 0.433. The maximum Gasteiger partial charge on any atom is 0.225 e. The van der Waals surface area contributed by atoms with Crippen LogP contribution in [0.3, 0.4) is 0 Å². The Balaban J connectivity index is 1.61. The number of hydrogen-bond acceptors (Lipinski definition) is 4. The molecule has 1 aliphatic rings. The maximum atomic E-state index is 14.0. The van der Waals surface area contributed by atoms with Crippen LogP contribution in [-0.4, -0.2) is 47.0 Å². The number of hydrogen-bond donors (Lipinski definition) is 0. The molecular formula is C30H37FN4O. The number of nitrogens with zero attached hydrogens (tertiary/aromatic N) is 4. The molecule has 0 unspecified atom stereocenters. The van der Waals surface area contributed by atoms with Gasteiger partial charge in [-0.05, 0) is 37.5 Å². The zero-order valence-electron chi connectivity index (χ0n) is 21.7. The SMILES string of the molecule is CCCC[C@H](CC)C(=O)N1CCN(c2nc(-c3cccc(F)c3)nc(C)c2Cc2ccccc2)CC1. The molecule has 1 atom stereocenters. The summed E-state index contributed by atoms with van der Waals surface area (Å²) in [6.45, 7) is 9.10. The summed E-state index contributed by atoms with van der Waals surface area (Å²) >= 11 is 0. The Morgan fingerprint density at radius 3 is 2.42 bits per heavy atom. The van der Waals surface area contributed by atoms with Crippen molar-refractivity contribution in [2.75, 3.05) is 31.1 Å². The number of benzene rings is 2. The smallest absolute Gasteiger partial charge is 0.225 e. The van der Waals surface area contributed by atoms with E-state index in [1.807, 2.05) is 36.1 Å². The van der Waals surface area contributed by atoms with E-state index in [1.54, 1.807) is 6.07 Å². The minimum absolute atomic E-state index is 0.117. The summed E-state index contributed by atoms with van der Waals surface area (Å²) in [6, 6.07) is 16.8. The lowest BCUT2D eigenvalue weighted by Crippen LogP contribution is -2.51. The van der Waals surface area contributed by atoms with Crippen molar-refractivity contribution in [3.8, 4) is 11.4 Å². The summed E-state index contributed by atoms with van der Waals surface area (Å²) < 4.78 is 14.0. The van der Waals surface area contributed by atoms with Gasteiger partial charge < -0.3 is 9.80 Å². The van der Waals surface area contributed by atoms with E-state index in [9.17, 15) is 9.18 Å². The van der Waals surface area contributed by atoms with Crippen LogP contribution in [-0.2, 0) is 11.2 Å². The largest absolute Gasteiger partial charge is 0.353 e. The number of piperazine rings is 1. The zero-order chi connectivity index (χ0) is 25.5. The number of carbonyl (C=O) groups is 1. The number of amides is 1. The highest BCUT2D eigenvalue weighted by Crippen LogP contribution is 2.29. The van der Waals surface area contributed by atoms with Gasteiger partial charge in [0.25, 0.3) is 0 Å². The van der Waals surface area contributed by atoms with E-state index in [0.717, 1.165) is 62.3 Å². The summed E-state index contributed by atoms with van der Waals surface area (Å²) in [4.78, 5) is 27.2. The van der Waals surface area contributed by atoms with E-state index in [4.69, 9.17) is 9.97 Å². The third-order valence-corrected chi connectivity index (χ3v) is 7.14. The Kier molecular flexibility index (Phi) is 8.68. The molecule has 1 saturated heterocycles. The summed E-state index contributed by atoms with van der Waals surface area (Å²) in [6.07, 6.45) is 4.79. The van der Waals surface area contributed by atoms with Crippen molar-refractivity contribution in [2.24, 2.45) is 5.92 Å². The van der Waals surface area contributed by atoms with E-state index in [1.165, 1.54) is 17.7 Å². The molecular weight excluding hydrogens is 451 g/mol. The molecule has 190 valence electrons. The Morgan fingerprint density at radius 1 is 1.00 bits per heavy atom. The van der Waals surface area contributed by atoms with Crippen molar-refractivity contribution in [3.05, 3.63) is 77.2 Å². The molecule has 0 saturated carbocycles. The molecule has 2 aromatic carbocycles. The average Bonchev–Trinajstić information content (AvgIpc) is 2.90. The summed E-state index contributed by atoms with van der Waals surface area (Å²) in [5.41, 5.74) is 3.84. The van der Waals surface area contributed by atoms with E-state index in [2.05, 4.69) is 30.9 Å². The van der Waals surface area contributed by atoms with Crippen LogP contribution in [0.15, 0.2) is 54.6 Å². The van der Waals surface area contributed by atoms with Gasteiger partial charge >= 0.3 is 0 Å². The lowest BCUT2D eigenvalue weighted by molar-refractivity contribution is -0.136. The monoisotopic (exact) mass is 488 g/mol. The van der Waals surface area contributed by atoms with E-state index < -0.39 is 0 Å². The quantitative estimate of drug-likeness (QED) is 0.368. The molecule has 1 amide bonds. The molecule has 2 heterocycles. The third kappa shape index (κ3) is 6.10. The van der Waals surface area contributed by atoms with Gasteiger partial charge in [0.05, 0.1) is 0 Å². The molecule has 0 spiro atoms. The predicted molar refractivity (Wildman–Crippen MR) is 144 cm³/mol. The van der Waals surface area contributed by atoms with Crippen LogP contribution < -0.4 is 4.90 Å². The molecule has 0 radical (unpaired) electrons. The Hall–Kier alpha value is -3.28. The minimum atomic E-state index is -0.302. The van der Waals surface area contributed by atoms with Crippen LogP contribution in [0.5, 0.6) is 0 Å². The Morgan fingerprint density at radius 2 is 1.75 bits per heavy atom. The van der Waals surface area contributed by atoms with Crippen LogP contribution in [0, 0.1) is 18.7 Å². The van der Waals surface area contributed by atoms with E-state index >= 15 is 0 Å². The number of halogens is 1.